The predicted octanol–water partition coefficient (Wildman–Crippen LogP) is 1.10. The molecule has 0 fully saturated rings. The van der Waals surface area contributed by atoms with Gasteiger partial charge in [0.15, 0.2) is 0 Å². The second-order valence-corrected chi connectivity index (χ2v) is 2.90. The molecule has 1 aromatic carbocycles. The lowest BCUT2D eigenvalue weighted by atomic mass is 10.2. The third-order valence-corrected chi connectivity index (χ3v) is 1.80. The summed E-state index contributed by atoms with van der Waals surface area (Å²) in [5.41, 5.74) is 0.709. The number of phenolic OH excluding ortho intramolecular Hbond substituents is 2. The smallest absolute Gasteiger partial charge is 0.123 e. The topological polar surface area (TPSA) is 76.3 Å². The Balaban J connectivity index is 2.47. The van der Waals surface area contributed by atoms with Crippen molar-refractivity contribution in [3.05, 3.63) is 23.8 Å². The molecule has 14 heavy (non-hydrogen) atoms. The van der Waals surface area contributed by atoms with Crippen LogP contribution in [0.25, 0.3) is 0 Å². The number of nitrogens with one attached hydrogen (secondary N) is 1. The number of nitrogens with zero attached hydrogens (tertiary/aromatic N) is 1. The molecule has 0 aliphatic carbocycles. The van der Waals surface area contributed by atoms with Gasteiger partial charge in [0.25, 0.3) is 0 Å². The zero-order valence-electron chi connectivity index (χ0n) is 7.70. The Morgan fingerprint density at radius 2 is 2.14 bits per heavy atom. The molecule has 1 rings (SSSR count). The van der Waals surface area contributed by atoms with Crippen molar-refractivity contribution in [2.45, 2.75) is 13.0 Å². The van der Waals surface area contributed by atoms with E-state index in [1.54, 1.807) is 6.07 Å². The predicted molar refractivity (Wildman–Crippen MR) is 51.7 cm³/mol. The van der Waals surface area contributed by atoms with Crippen molar-refractivity contribution in [3.63, 3.8) is 0 Å². The largest absolute Gasteiger partial charge is 0.508 e. The van der Waals surface area contributed by atoms with Gasteiger partial charge in [0.1, 0.15) is 11.5 Å². The number of hydrogen-bond donors (Lipinski definition) is 3. The van der Waals surface area contributed by atoms with Crippen molar-refractivity contribution in [1.82, 2.24) is 5.32 Å². The van der Waals surface area contributed by atoms with E-state index in [0.29, 0.717) is 25.1 Å². The highest BCUT2D eigenvalue weighted by molar-refractivity contribution is 5.38. The van der Waals surface area contributed by atoms with Crippen LogP contribution >= 0.6 is 0 Å². The van der Waals surface area contributed by atoms with Crippen LogP contribution < -0.4 is 5.32 Å². The molecule has 3 N–H and O–H groups in total. The second-order valence-electron chi connectivity index (χ2n) is 2.90. The van der Waals surface area contributed by atoms with Crippen LogP contribution in [0.15, 0.2) is 18.2 Å². The molecule has 4 nitrogen and oxygen atoms in total. The minimum Gasteiger partial charge on any atom is -0.508 e. The minimum atomic E-state index is 0.0447. The first-order valence-corrected chi connectivity index (χ1v) is 4.32. The van der Waals surface area contributed by atoms with Gasteiger partial charge in [-0.05, 0) is 6.07 Å². The maximum Gasteiger partial charge on any atom is 0.123 e. The van der Waals surface area contributed by atoms with Crippen molar-refractivity contribution in [2.75, 3.05) is 6.54 Å². The van der Waals surface area contributed by atoms with E-state index >= 15 is 0 Å². The zero-order valence-corrected chi connectivity index (χ0v) is 7.70. The molecule has 0 atom stereocenters. The molecule has 1 aromatic rings. The highest BCUT2D eigenvalue weighted by Crippen LogP contribution is 2.21. The number of phenols is 2. The Morgan fingerprint density at radius 1 is 1.36 bits per heavy atom. The molecular formula is C10H12N2O2. The second kappa shape index (κ2) is 5.10. The number of nitriles is 1. The molecule has 0 radical (unpaired) electrons. The molecule has 74 valence electrons. The lowest BCUT2D eigenvalue weighted by Gasteiger charge is -2.05. The SMILES string of the molecule is N#CCCNCc1ccc(O)cc1O. The average Bonchev–Trinajstić information content (AvgIpc) is 2.15. The number of benzene rings is 1. The minimum absolute atomic E-state index is 0.0447. The van der Waals surface area contributed by atoms with Crippen LogP contribution in [0.4, 0.5) is 0 Å². The number of rotatable bonds is 4. The van der Waals surface area contributed by atoms with E-state index in [-0.39, 0.29) is 11.5 Å². The maximum atomic E-state index is 9.38. The van der Waals surface area contributed by atoms with E-state index in [0.717, 1.165) is 0 Å². The fourth-order valence-corrected chi connectivity index (χ4v) is 1.07. The van der Waals surface area contributed by atoms with E-state index < -0.39 is 0 Å². The van der Waals surface area contributed by atoms with Crippen LogP contribution in [0.5, 0.6) is 11.5 Å². The third-order valence-electron chi connectivity index (χ3n) is 1.80. The van der Waals surface area contributed by atoms with Crippen LogP contribution in [-0.4, -0.2) is 16.8 Å². The summed E-state index contributed by atoms with van der Waals surface area (Å²) >= 11 is 0. The summed E-state index contributed by atoms with van der Waals surface area (Å²) in [4.78, 5) is 0. The molecule has 0 aliphatic rings. The van der Waals surface area contributed by atoms with Gasteiger partial charge in [0.05, 0.1) is 6.07 Å². The summed E-state index contributed by atoms with van der Waals surface area (Å²) in [5, 5.41) is 29.7. The quantitative estimate of drug-likeness (QED) is 0.624. The van der Waals surface area contributed by atoms with Gasteiger partial charge in [-0.2, -0.15) is 5.26 Å². The van der Waals surface area contributed by atoms with E-state index in [1.165, 1.54) is 12.1 Å². The standard InChI is InChI=1S/C10H12N2O2/c11-4-1-5-12-7-8-2-3-9(13)6-10(8)14/h2-3,6,12-14H,1,5,7H2. The molecule has 0 aromatic heterocycles. The molecule has 0 unspecified atom stereocenters. The van der Waals surface area contributed by atoms with Crippen LogP contribution in [0.2, 0.25) is 0 Å². The third kappa shape index (κ3) is 2.96. The molecule has 0 saturated carbocycles. The molecule has 0 spiro atoms. The van der Waals surface area contributed by atoms with Gasteiger partial charge in [0.2, 0.25) is 0 Å². The fraction of sp³-hybridized carbons (Fsp3) is 0.300. The average molecular weight is 192 g/mol. The number of hydrogen-bond acceptors (Lipinski definition) is 4. The van der Waals surface area contributed by atoms with Crippen molar-refractivity contribution in [2.24, 2.45) is 0 Å². The monoisotopic (exact) mass is 192 g/mol. The van der Waals surface area contributed by atoms with Crippen LogP contribution in [-0.2, 0) is 6.54 Å². The molecule has 0 heterocycles. The van der Waals surface area contributed by atoms with E-state index in [9.17, 15) is 5.11 Å². The normalized spacial score (nSPS) is 9.64. The Labute approximate surface area is 82.4 Å². The fourth-order valence-electron chi connectivity index (χ4n) is 1.07. The van der Waals surface area contributed by atoms with E-state index in [2.05, 4.69) is 5.32 Å². The summed E-state index contributed by atoms with van der Waals surface area (Å²) in [6.45, 7) is 1.09. The van der Waals surface area contributed by atoms with E-state index in [1.807, 2.05) is 6.07 Å². The van der Waals surface area contributed by atoms with Crippen molar-refractivity contribution in [3.8, 4) is 17.6 Å². The Morgan fingerprint density at radius 3 is 2.79 bits per heavy atom. The molecule has 4 heteroatoms. The van der Waals surface area contributed by atoms with Gasteiger partial charge in [0, 0.05) is 31.1 Å². The van der Waals surface area contributed by atoms with Gasteiger partial charge < -0.3 is 15.5 Å². The summed E-state index contributed by atoms with van der Waals surface area (Å²) in [5.74, 6) is 0.109. The number of aromatic hydroxyl groups is 2. The summed E-state index contributed by atoms with van der Waals surface area (Å²) in [7, 11) is 0. The van der Waals surface area contributed by atoms with Crippen molar-refractivity contribution < 1.29 is 10.2 Å². The zero-order chi connectivity index (χ0) is 10.4. The van der Waals surface area contributed by atoms with Gasteiger partial charge >= 0.3 is 0 Å². The van der Waals surface area contributed by atoms with Gasteiger partial charge in [-0.25, -0.2) is 0 Å². The van der Waals surface area contributed by atoms with E-state index in [4.69, 9.17) is 10.4 Å². The lowest BCUT2D eigenvalue weighted by Crippen LogP contribution is -2.14. The van der Waals surface area contributed by atoms with Crippen LogP contribution in [0, 0.1) is 11.3 Å². The first kappa shape index (κ1) is 10.4. The first-order valence-electron chi connectivity index (χ1n) is 4.32. The Hall–Kier alpha value is -1.73. The van der Waals surface area contributed by atoms with Gasteiger partial charge in [-0.15, -0.1) is 0 Å². The highest BCUT2D eigenvalue weighted by atomic mass is 16.3. The van der Waals surface area contributed by atoms with Crippen LogP contribution in [0.3, 0.4) is 0 Å². The van der Waals surface area contributed by atoms with Crippen molar-refractivity contribution >= 4 is 0 Å². The summed E-state index contributed by atoms with van der Waals surface area (Å²) in [6, 6.07) is 6.46. The molecular weight excluding hydrogens is 180 g/mol. The lowest BCUT2D eigenvalue weighted by molar-refractivity contribution is 0.444. The Kier molecular flexibility index (Phi) is 3.77. The van der Waals surface area contributed by atoms with Gasteiger partial charge in [-0.3, -0.25) is 0 Å². The summed E-state index contributed by atoms with van der Waals surface area (Å²) < 4.78 is 0. The van der Waals surface area contributed by atoms with Crippen LogP contribution in [0.1, 0.15) is 12.0 Å². The Bertz CT molecular complexity index is 344. The molecule has 0 aliphatic heterocycles. The highest BCUT2D eigenvalue weighted by Gasteiger charge is 2.00. The first-order chi connectivity index (χ1) is 6.74. The van der Waals surface area contributed by atoms with Gasteiger partial charge in [-0.1, -0.05) is 6.07 Å². The molecule has 0 amide bonds. The molecule has 0 bridgehead atoms. The van der Waals surface area contributed by atoms with Crippen molar-refractivity contribution in [1.29, 1.82) is 5.26 Å². The maximum absolute atomic E-state index is 9.38. The summed E-state index contributed by atoms with van der Waals surface area (Å²) in [6.07, 6.45) is 0.443. The molecule has 0 saturated heterocycles.